The van der Waals surface area contributed by atoms with Crippen molar-refractivity contribution in [1.82, 2.24) is 9.88 Å². The van der Waals surface area contributed by atoms with Gasteiger partial charge < -0.3 is 29.2 Å². The van der Waals surface area contributed by atoms with Gasteiger partial charge in [-0.1, -0.05) is 24.3 Å². The van der Waals surface area contributed by atoms with Gasteiger partial charge in [-0.15, -0.1) is 0 Å². The van der Waals surface area contributed by atoms with E-state index in [4.69, 9.17) is 14.2 Å². The van der Waals surface area contributed by atoms with Gasteiger partial charge in [-0.3, -0.25) is 9.59 Å². The monoisotopic (exact) mass is 450 g/mol. The second kappa shape index (κ2) is 9.38. The van der Waals surface area contributed by atoms with E-state index in [1.165, 1.54) is 12.0 Å². The van der Waals surface area contributed by atoms with Crippen molar-refractivity contribution in [2.45, 2.75) is 13.0 Å². The number of ketones is 1. The fraction of sp³-hybridized carbons (Fsp3) is 0.280. The first-order valence-corrected chi connectivity index (χ1v) is 10.7. The number of carbonyl (C=O) groups excluding carboxylic acids is 2. The Morgan fingerprint density at radius 3 is 2.64 bits per heavy atom. The molecular formula is C25H26N2O6. The number of nitrogens with zero attached hydrogens (tertiary/aromatic N) is 1. The van der Waals surface area contributed by atoms with Crippen molar-refractivity contribution in [2.75, 3.05) is 34.0 Å². The van der Waals surface area contributed by atoms with Crippen LogP contribution in [0.1, 0.15) is 24.1 Å². The number of rotatable bonds is 8. The highest BCUT2D eigenvalue weighted by Gasteiger charge is 2.46. The average molecular weight is 450 g/mol. The van der Waals surface area contributed by atoms with E-state index in [2.05, 4.69) is 4.98 Å². The third-order valence-electron chi connectivity index (χ3n) is 5.72. The lowest BCUT2D eigenvalue weighted by Crippen LogP contribution is -2.32. The molecule has 8 nitrogen and oxygen atoms in total. The summed E-state index contributed by atoms with van der Waals surface area (Å²) in [4.78, 5) is 30.7. The number of ether oxygens (including phenoxy) is 3. The molecule has 1 amide bonds. The highest BCUT2D eigenvalue weighted by atomic mass is 16.5. The fourth-order valence-electron chi connectivity index (χ4n) is 4.19. The van der Waals surface area contributed by atoms with Crippen LogP contribution in [-0.2, 0) is 14.3 Å². The van der Waals surface area contributed by atoms with Crippen molar-refractivity contribution in [2.24, 2.45) is 0 Å². The molecule has 1 saturated heterocycles. The molecule has 172 valence electrons. The Kier molecular flexibility index (Phi) is 6.37. The van der Waals surface area contributed by atoms with Crippen LogP contribution in [0.4, 0.5) is 0 Å². The van der Waals surface area contributed by atoms with Gasteiger partial charge >= 0.3 is 0 Å². The predicted octanol–water partition coefficient (Wildman–Crippen LogP) is 3.64. The first-order chi connectivity index (χ1) is 16.0. The zero-order valence-electron chi connectivity index (χ0n) is 18.8. The van der Waals surface area contributed by atoms with Gasteiger partial charge in [0, 0.05) is 36.3 Å². The molecule has 1 aromatic heterocycles. The summed E-state index contributed by atoms with van der Waals surface area (Å²) in [5.41, 5.74) is 1.91. The van der Waals surface area contributed by atoms with Gasteiger partial charge in [0.25, 0.3) is 11.7 Å². The molecule has 1 unspecified atom stereocenters. The van der Waals surface area contributed by atoms with Crippen LogP contribution in [0.5, 0.6) is 11.5 Å². The van der Waals surface area contributed by atoms with Gasteiger partial charge in [0.15, 0.2) is 11.5 Å². The number of benzene rings is 2. The maximum Gasteiger partial charge on any atom is 0.295 e. The Bertz CT molecular complexity index is 1230. The number of aliphatic hydroxyl groups excluding tert-OH is 1. The summed E-state index contributed by atoms with van der Waals surface area (Å²) in [7, 11) is 3.07. The largest absolute Gasteiger partial charge is 0.507 e. The number of Topliss-reactive ketones (excluding diaryl/α,β-unsaturated/α-hetero) is 1. The lowest BCUT2D eigenvalue weighted by Gasteiger charge is -2.25. The van der Waals surface area contributed by atoms with Crippen LogP contribution >= 0.6 is 0 Å². The van der Waals surface area contributed by atoms with E-state index in [-0.39, 0.29) is 24.5 Å². The molecule has 1 aliphatic heterocycles. The number of likely N-dealkylation sites (tertiary alicyclic amines) is 1. The molecule has 0 saturated carbocycles. The first-order valence-electron chi connectivity index (χ1n) is 10.7. The van der Waals surface area contributed by atoms with Crippen molar-refractivity contribution in [3.05, 3.63) is 65.4 Å². The number of para-hydroxylation sites is 1. The summed E-state index contributed by atoms with van der Waals surface area (Å²) in [6, 6.07) is 11.9. The normalized spacial score (nSPS) is 17.7. The molecule has 2 heterocycles. The molecule has 1 aliphatic rings. The summed E-state index contributed by atoms with van der Waals surface area (Å²) in [5, 5.41) is 12.1. The molecule has 1 atom stereocenters. The standard InChI is InChI=1S/C25H26N2O6/c1-4-33-20-13-15(9-10-19(20)32-3)22-21(24(29)25(30)27(22)11-12-31-2)23(28)17-14-26-18-8-6-5-7-16(17)18/h5-10,13-14,22,26,28H,4,11-12H2,1-3H3/b23-21-. The van der Waals surface area contributed by atoms with E-state index in [1.807, 2.05) is 31.2 Å². The van der Waals surface area contributed by atoms with Crippen LogP contribution in [0.2, 0.25) is 0 Å². The van der Waals surface area contributed by atoms with Crippen LogP contribution in [0, 0.1) is 0 Å². The smallest absolute Gasteiger partial charge is 0.295 e. The number of H-pyrrole nitrogens is 1. The number of hydrogen-bond acceptors (Lipinski definition) is 6. The number of nitrogens with one attached hydrogen (secondary N) is 1. The Labute approximate surface area is 191 Å². The molecule has 33 heavy (non-hydrogen) atoms. The summed E-state index contributed by atoms with van der Waals surface area (Å²) in [6.07, 6.45) is 1.64. The van der Waals surface area contributed by atoms with Gasteiger partial charge in [-0.25, -0.2) is 0 Å². The van der Waals surface area contributed by atoms with E-state index in [9.17, 15) is 14.7 Å². The van der Waals surface area contributed by atoms with Gasteiger partial charge in [-0.2, -0.15) is 0 Å². The molecule has 1 fully saturated rings. The second-order valence-electron chi connectivity index (χ2n) is 7.58. The number of hydrogen-bond donors (Lipinski definition) is 2. The molecule has 8 heteroatoms. The minimum absolute atomic E-state index is 0.0217. The third-order valence-corrected chi connectivity index (χ3v) is 5.72. The van der Waals surface area contributed by atoms with Crippen LogP contribution in [-0.4, -0.2) is 60.7 Å². The first kappa shape index (κ1) is 22.4. The van der Waals surface area contributed by atoms with E-state index >= 15 is 0 Å². The van der Waals surface area contributed by atoms with E-state index in [1.54, 1.807) is 31.5 Å². The lowest BCUT2D eigenvalue weighted by molar-refractivity contribution is -0.140. The molecule has 0 bridgehead atoms. The zero-order chi connectivity index (χ0) is 23.5. The Morgan fingerprint density at radius 1 is 1.12 bits per heavy atom. The summed E-state index contributed by atoms with van der Waals surface area (Å²) in [5.74, 6) is -0.641. The molecule has 0 aliphatic carbocycles. The molecule has 3 aromatic rings. The van der Waals surface area contributed by atoms with E-state index < -0.39 is 17.7 Å². The number of amides is 1. The molecule has 4 rings (SSSR count). The molecule has 0 spiro atoms. The number of aromatic nitrogens is 1. The van der Waals surface area contributed by atoms with Gasteiger partial charge in [0.05, 0.1) is 31.9 Å². The van der Waals surface area contributed by atoms with Crippen molar-refractivity contribution < 1.29 is 28.9 Å². The number of carbonyl (C=O) groups is 2. The summed E-state index contributed by atoms with van der Waals surface area (Å²) >= 11 is 0. The quantitative estimate of drug-likeness (QED) is 0.309. The number of fused-ring (bicyclic) bond motifs is 1. The second-order valence-corrected chi connectivity index (χ2v) is 7.58. The summed E-state index contributed by atoms with van der Waals surface area (Å²) < 4.78 is 16.2. The molecule has 2 N–H and O–H groups in total. The number of methoxy groups -OCH3 is 2. The van der Waals surface area contributed by atoms with Crippen LogP contribution in [0.3, 0.4) is 0 Å². The Balaban J connectivity index is 1.91. The SMILES string of the molecule is CCOc1cc(C2/C(=C(/O)c3c[nH]c4ccccc34)C(=O)C(=O)N2CCOC)ccc1OC. The van der Waals surface area contributed by atoms with Crippen molar-refractivity contribution in [1.29, 1.82) is 0 Å². The van der Waals surface area contributed by atoms with Crippen LogP contribution in [0.15, 0.2) is 54.2 Å². The zero-order valence-corrected chi connectivity index (χ0v) is 18.8. The van der Waals surface area contributed by atoms with Crippen molar-refractivity contribution >= 4 is 28.4 Å². The Morgan fingerprint density at radius 2 is 1.91 bits per heavy atom. The van der Waals surface area contributed by atoms with Gasteiger partial charge in [-0.05, 0) is 30.7 Å². The third kappa shape index (κ3) is 3.93. The van der Waals surface area contributed by atoms with Gasteiger partial charge in [0.2, 0.25) is 0 Å². The topological polar surface area (TPSA) is 101 Å². The average Bonchev–Trinajstić information content (AvgIpc) is 3.37. The van der Waals surface area contributed by atoms with E-state index in [0.717, 1.165) is 10.9 Å². The number of aromatic amines is 1. The summed E-state index contributed by atoms with van der Waals surface area (Å²) in [6.45, 7) is 2.70. The van der Waals surface area contributed by atoms with Crippen molar-refractivity contribution in [3.63, 3.8) is 0 Å². The van der Waals surface area contributed by atoms with E-state index in [0.29, 0.717) is 29.2 Å². The van der Waals surface area contributed by atoms with Crippen LogP contribution in [0.25, 0.3) is 16.7 Å². The Hall–Kier alpha value is -3.78. The maximum absolute atomic E-state index is 13.2. The predicted molar refractivity (Wildman–Crippen MR) is 123 cm³/mol. The molecule has 0 radical (unpaired) electrons. The highest BCUT2D eigenvalue weighted by Crippen LogP contribution is 2.42. The minimum Gasteiger partial charge on any atom is -0.507 e. The number of aliphatic hydroxyl groups is 1. The maximum atomic E-state index is 13.2. The van der Waals surface area contributed by atoms with Crippen LogP contribution < -0.4 is 9.47 Å². The van der Waals surface area contributed by atoms with Crippen molar-refractivity contribution in [3.8, 4) is 11.5 Å². The highest BCUT2D eigenvalue weighted by molar-refractivity contribution is 6.46. The molecular weight excluding hydrogens is 424 g/mol. The molecule has 2 aromatic carbocycles. The minimum atomic E-state index is -0.807. The lowest BCUT2D eigenvalue weighted by atomic mass is 9.95. The fourth-order valence-corrected chi connectivity index (χ4v) is 4.19. The van der Waals surface area contributed by atoms with Gasteiger partial charge in [0.1, 0.15) is 5.76 Å².